The van der Waals surface area contributed by atoms with Crippen LogP contribution in [0.3, 0.4) is 0 Å². The zero-order chi connectivity index (χ0) is 17.9. The Labute approximate surface area is 150 Å². The van der Waals surface area contributed by atoms with Crippen LogP contribution in [0.25, 0.3) is 0 Å². The molecule has 0 aliphatic rings. The number of hydrogen-bond donors (Lipinski definition) is 1. The molecular formula is C18H20BrNO4. The van der Waals surface area contributed by atoms with Gasteiger partial charge in [0.15, 0.2) is 11.5 Å². The standard InChI is InChI=1S/C18H20BrNO4/c1-10-6-13(19)7-11(2)16(10)20-18(21)12-8-14(22-3)17(24-5)15(9-12)23-4/h6-9H,1-5H3,(H,20,21). The minimum Gasteiger partial charge on any atom is -0.493 e. The molecule has 0 spiro atoms. The van der Waals surface area contributed by atoms with E-state index in [1.165, 1.54) is 21.3 Å². The van der Waals surface area contributed by atoms with Gasteiger partial charge >= 0.3 is 0 Å². The first-order chi connectivity index (χ1) is 11.4. The van der Waals surface area contributed by atoms with Crippen molar-refractivity contribution in [3.63, 3.8) is 0 Å². The largest absolute Gasteiger partial charge is 0.493 e. The van der Waals surface area contributed by atoms with Crippen molar-refractivity contribution >= 4 is 27.5 Å². The molecule has 5 nitrogen and oxygen atoms in total. The van der Waals surface area contributed by atoms with Crippen LogP contribution in [0.4, 0.5) is 5.69 Å². The Kier molecular flexibility index (Phi) is 5.72. The lowest BCUT2D eigenvalue weighted by atomic mass is 10.1. The number of ether oxygens (including phenoxy) is 3. The number of rotatable bonds is 5. The van der Waals surface area contributed by atoms with Crippen LogP contribution in [0.5, 0.6) is 17.2 Å². The van der Waals surface area contributed by atoms with Crippen LogP contribution in [0, 0.1) is 13.8 Å². The van der Waals surface area contributed by atoms with Gasteiger partial charge in [0.2, 0.25) is 5.75 Å². The minimum absolute atomic E-state index is 0.247. The third kappa shape index (κ3) is 3.64. The number of anilines is 1. The molecule has 0 heterocycles. The van der Waals surface area contributed by atoms with E-state index in [-0.39, 0.29) is 5.91 Å². The third-order valence-electron chi connectivity index (χ3n) is 3.66. The van der Waals surface area contributed by atoms with Crippen LogP contribution in [-0.2, 0) is 0 Å². The number of amides is 1. The van der Waals surface area contributed by atoms with Gasteiger partial charge in [-0.25, -0.2) is 0 Å². The average molecular weight is 394 g/mol. The fourth-order valence-electron chi connectivity index (χ4n) is 2.51. The van der Waals surface area contributed by atoms with Crippen molar-refractivity contribution in [1.29, 1.82) is 0 Å². The van der Waals surface area contributed by atoms with Gasteiger partial charge in [0.1, 0.15) is 0 Å². The van der Waals surface area contributed by atoms with E-state index < -0.39 is 0 Å². The quantitative estimate of drug-likeness (QED) is 0.820. The summed E-state index contributed by atoms with van der Waals surface area (Å²) in [6, 6.07) is 7.16. The highest BCUT2D eigenvalue weighted by Crippen LogP contribution is 2.38. The van der Waals surface area contributed by atoms with Gasteiger partial charge in [0.25, 0.3) is 5.91 Å². The molecule has 2 aromatic carbocycles. The van der Waals surface area contributed by atoms with Gasteiger partial charge < -0.3 is 19.5 Å². The number of carbonyl (C=O) groups is 1. The van der Waals surface area contributed by atoms with Crippen LogP contribution in [0.1, 0.15) is 21.5 Å². The van der Waals surface area contributed by atoms with Crippen molar-refractivity contribution in [3.8, 4) is 17.2 Å². The summed E-state index contributed by atoms with van der Waals surface area (Å²) in [5, 5.41) is 2.95. The third-order valence-corrected chi connectivity index (χ3v) is 4.12. The molecule has 0 saturated heterocycles. The van der Waals surface area contributed by atoms with Gasteiger partial charge in [-0.3, -0.25) is 4.79 Å². The maximum Gasteiger partial charge on any atom is 0.255 e. The zero-order valence-electron chi connectivity index (χ0n) is 14.3. The van der Waals surface area contributed by atoms with Gasteiger partial charge in [-0.2, -0.15) is 0 Å². The fraction of sp³-hybridized carbons (Fsp3) is 0.278. The van der Waals surface area contributed by atoms with Crippen LogP contribution >= 0.6 is 15.9 Å². The minimum atomic E-state index is -0.247. The van der Waals surface area contributed by atoms with Crippen molar-refractivity contribution in [2.75, 3.05) is 26.6 Å². The Morgan fingerprint density at radius 2 is 1.42 bits per heavy atom. The Morgan fingerprint density at radius 3 is 1.83 bits per heavy atom. The van der Waals surface area contributed by atoms with Crippen molar-refractivity contribution in [1.82, 2.24) is 0 Å². The van der Waals surface area contributed by atoms with E-state index in [4.69, 9.17) is 14.2 Å². The molecule has 0 fully saturated rings. The van der Waals surface area contributed by atoms with Crippen LogP contribution in [0.15, 0.2) is 28.7 Å². The van der Waals surface area contributed by atoms with Crippen molar-refractivity contribution < 1.29 is 19.0 Å². The number of methoxy groups -OCH3 is 3. The number of hydrogen-bond acceptors (Lipinski definition) is 4. The van der Waals surface area contributed by atoms with E-state index in [2.05, 4.69) is 21.2 Å². The molecule has 24 heavy (non-hydrogen) atoms. The SMILES string of the molecule is COc1cc(C(=O)Nc2c(C)cc(Br)cc2C)cc(OC)c1OC. The molecule has 0 unspecified atom stereocenters. The summed E-state index contributed by atoms with van der Waals surface area (Å²) in [4.78, 5) is 12.7. The van der Waals surface area contributed by atoms with E-state index in [1.807, 2.05) is 26.0 Å². The Balaban J connectivity index is 2.40. The maximum absolute atomic E-state index is 12.7. The lowest BCUT2D eigenvalue weighted by Gasteiger charge is -2.15. The number of halogens is 1. The summed E-state index contributed by atoms with van der Waals surface area (Å²) in [6.45, 7) is 3.89. The molecule has 1 N–H and O–H groups in total. The van der Waals surface area contributed by atoms with E-state index in [9.17, 15) is 4.79 Å². The van der Waals surface area contributed by atoms with Gasteiger partial charge in [0, 0.05) is 15.7 Å². The molecule has 0 saturated carbocycles. The Hall–Kier alpha value is -2.21. The molecule has 0 radical (unpaired) electrons. The summed E-state index contributed by atoms with van der Waals surface area (Å²) in [6.07, 6.45) is 0. The van der Waals surface area contributed by atoms with Crippen LogP contribution in [0.2, 0.25) is 0 Å². The number of nitrogens with one attached hydrogen (secondary N) is 1. The maximum atomic E-state index is 12.7. The second-order valence-corrected chi connectivity index (χ2v) is 6.20. The van der Waals surface area contributed by atoms with E-state index in [0.29, 0.717) is 22.8 Å². The normalized spacial score (nSPS) is 10.2. The van der Waals surface area contributed by atoms with Gasteiger partial charge in [-0.15, -0.1) is 0 Å². The lowest BCUT2D eigenvalue weighted by Crippen LogP contribution is -2.14. The van der Waals surface area contributed by atoms with E-state index >= 15 is 0 Å². The molecule has 1 amide bonds. The lowest BCUT2D eigenvalue weighted by molar-refractivity contribution is 0.102. The first kappa shape index (κ1) is 18.1. The van der Waals surface area contributed by atoms with Gasteiger partial charge in [-0.05, 0) is 49.2 Å². The van der Waals surface area contributed by atoms with Crippen molar-refractivity contribution in [3.05, 3.63) is 45.4 Å². The second kappa shape index (κ2) is 7.57. The molecular weight excluding hydrogens is 374 g/mol. The summed E-state index contributed by atoms with van der Waals surface area (Å²) < 4.78 is 16.8. The Morgan fingerprint density at radius 1 is 0.917 bits per heavy atom. The molecule has 6 heteroatoms. The topological polar surface area (TPSA) is 56.8 Å². The summed E-state index contributed by atoms with van der Waals surface area (Å²) in [5.41, 5.74) is 3.16. The molecule has 0 aliphatic carbocycles. The van der Waals surface area contributed by atoms with Crippen LogP contribution < -0.4 is 19.5 Å². The molecule has 0 bridgehead atoms. The fourth-order valence-corrected chi connectivity index (χ4v) is 3.19. The molecule has 0 aliphatic heterocycles. The van der Waals surface area contributed by atoms with Crippen LogP contribution in [-0.4, -0.2) is 27.2 Å². The zero-order valence-corrected chi connectivity index (χ0v) is 15.9. The highest BCUT2D eigenvalue weighted by molar-refractivity contribution is 9.10. The molecule has 2 rings (SSSR count). The van der Waals surface area contributed by atoms with Gasteiger partial charge in [0.05, 0.1) is 21.3 Å². The van der Waals surface area contributed by atoms with Gasteiger partial charge in [-0.1, -0.05) is 15.9 Å². The second-order valence-electron chi connectivity index (χ2n) is 5.28. The van der Waals surface area contributed by atoms with E-state index in [0.717, 1.165) is 21.3 Å². The predicted molar refractivity (Wildman–Crippen MR) is 97.7 cm³/mol. The predicted octanol–water partition coefficient (Wildman–Crippen LogP) is 4.34. The highest BCUT2D eigenvalue weighted by Gasteiger charge is 2.18. The summed E-state index contributed by atoms with van der Waals surface area (Å²) in [5.74, 6) is 1.08. The highest BCUT2D eigenvalue weighted by atomic mass is 79.9. The number of carbonyl (C=O) groups excluding carboxylic acids is 1. The van der Waals surface area contributed by atoms with Crippen molar-refractivity contribution in [2.24, 2.45) is 0 Å². The monoisotopic (exact) mass is 393 g/mol. The Bertz CT molecular complexity index is 726. The first-order valence-electron chi connectivity index (χ1n) is 7.29. The first-order valence-corrected chi connectivity index (χ1v) is 8.08. The summed E-state index contributed by atoms with van der Waals surface area (Å²) in [7, 11) is 4.55. The average Bonchev–Trinajstić information content (AvgIpc) is 2.56. The molecule has 0 aromatic heterocycles. The molecule has 2 aromatic rings. The summed E-state index contributed by atoms with van der Waals surface area (Å²) >= 11 is 3.45. The van der Waals surface area contributed by atoms with E-state index in [1.54, 1.807) is 12.1 Å². The molecule has 0 atom stereocenters. The van der Waals surface area contributed by atoms with Crippen molar-refractivity contribution in [2.45, 2.75) is 13.8 Å². The number of benzene rings is 2. The number of aryl methyl sites for hydroxylation is 2. The molecule has 128 valence electrons. The smallest absolute Gasteiger partial charge is 0.255 e.